The van der Waals surface area contributed by atoms with Crippen LogP contribution in [0.15, 0.2) is 18.2 Å². The maximum Gasteiger partial charge on any atom is 0.329 e. The summed E-state index contributed by atoms with van der Waals surface area (Å²) in [6.45, 7) is 3.20. The zero-order valence-corrected chi connectivity index (χ0v) is 16.0. The first kappa shape index (κ1) is 20.5. The van der Waals surface area contributed by atoms with Crippen LogP contribution in [-0.2, 0) is 14.3 Å². The zero-order valence-electron chi connectivity index (χ0n) is 16.0. The van der Waals surface area contributed by atoms with Crippen molar-refractivity contribution in [1.82, 2.24) is 10.6 Å². The van der Waals surface area contributed by atoms with Gasteiger partial charge in [0.25, 0.3) is 11.8 Å². The van der Waals surface area contributed by atoms with E-state index in [4.69, 9.17) is 14.2 Å². The molecule has 0 spiro atoms. The molecule has 0 radical (unpaired) electrons. The molecule has 2 rings (SSSR count). The van der Waals surface area contributed by atoms with Crippen LogP contribution >= 0.6 is 0 Å². The molecule has 1 aliphatic rings. The molecule has 1 aromatic rings. The zero-order chi connectivity index (χ0) is 20.0. The van der Waals surface area contributed by atoms with Gasteiger partial charge in [-0.1, -0.05) is 13.8 Å². The lowest BCUT2D eigenvalue weighted by atomic mass is 10.0. The molecule has 1 fully saturated rings. The topological polar surface area (TPSA) is 103 Å². The fourth-order valence-corrected chi connectivity index (χ4v) is 2.38. The normalized spacial score (nSPS) is 14.3. The van der Waals surface area contributed by atoms with Gasteiger partial charge in [-0.2, -0.15) is 0 Å². The summed E-state index contributed by atoms with van der Waals surface area (Å²) in [5.41, 5.74) is 0.288. The van der Waals surface area contributed by atoms with Gasteiger partial charge in [0.2, 0.25) is 0 Å². The largest absolute Gasteiger partial charge is 0.497 e. The number of hydrogen-bond acceptors (Lipinski definition) is 6. The van der Waals surface area contributed by atoms with E-state index < -0.39 is 17.9 Å². The number of nitrogens with one attached hydrogen (secondary N) is 2. The van der Waals surface area contributed by atoms with Gasteiger partial charge in [-0.15, -0.1) is 0 Å². The Balaban J connectivity index is 2.00. The molecule has 148 valence electrons. The molecule has 8 nitrogen and oxygen atoms in total. The number of benzene rings is 1. The first-order valence-corrected chi connectivity index (χ1v) is 8.84. The van der Waals surface area contributed by atoms with E-state index in [1.54, 1.807) is 32.0 Å². The Labute approximate surface area is 158 Å². The Bertz CT molecular complexity index is 677. The van der Waals surface area contributed by atoms with Gasteiger partial charge >= 0.3 is 5.97 Å². The van der Waals surface area contributed by atoms with Crippen molar-refractivity contribution in [3.8, 4) is 11.5 Å². The van der Waals surface area contributed by atoms with Crippen LogP contribution < -0.4 is 20.1 Å². The van der Waals surface area contributed by atoms with Gasteiger partial charge in [0, 0.05) is 17.7 Å². The van der Waals surface area contributed by atoms with Crippen molar-refractivity contribution in [2.75, 3.05) is 20.8 Å². The molecule has 1 atom stereocenters. The van der Waals surface area contributed by atoms with Gasteiger partial charge in [0.1, 0.15) is 17.5 Å². The minimum absolute atomic E-state index is 0.194. The number of carbonyl (C=O) groups is 3. The summed E-state index contributed by atoms with van der Waals surface area (Å²) in [5, 5.41) is 5.39. The second kappa shape index (κ2) is 9.25. The van der Waals surface area contributed by atoms with E-state index in [2.05, 4.69) is 10.6 Å². The average molecular weight is 378 g/mol. The summed E-state index contributed by atoms with van der Waals surface area (Å²) >= 11 is 0. The summed E-state index contributed by atoms with van der Waals surface area (Å²) in [6.07, 6.45) is 1.91. The molecule has 8 heteroatoms. The molecule has 2 amide bonds. The second-order valence-corrected chi connectivity index (χ2v) is 6.75. The molecule has 1 aromatic carbocycles. The molecule has 1 aliphatic carbocycles. The maximum absolute atomic E-state index is 12.6. The fourth-order valence-electron chi connectivity index (χ4n) is 2.38. The van der Waals surface area contributed by atoms with Gasteiger partial charge in [-0.25, -0.2) is 4.79 Å². The number of amides is 2. The number of hydrogen-bond donors (Lipinski definition) is 2. The first-order chi connectivity index (χ1) is 12.8. The summed E-state index contributed by atoms with van der Waals surface area (Å²) in [4.78, 5) is 36.6. The maximum atomic E-state index is 12.6. The van der Waals surface area contributed by atoms with Crippen LogP contribution in [0.2, 0.25) is 0 Å². The predicted molar refractivity (Wildman–Crippen MR) is 97.8 cm³/mol. The van der Waals surface area contributed by atoms with E-state index in [9.17, 15) is 14.4 Å². The van der Waals surface area contributed by atoms with Crippen molar-refractivity contribution < 1.29 is 28.6 Å². The SMILES string of the molecule is COc1cc(OC)cc(C(=O)NC(C(=O)OCC(=O)NC2CC2)C(C)C)c1. The van der Waals surface area contributed by atoms with Crippen LogP contribution in [-0.4, -0.2) is 50.7 Å². The summed E-state index contributed by atoms with van der Waals surface area (Å²) in [6, 6.07) is 4.04. The van der Waals surface area contributed by atoms with Crippen LogP contribution in [0.4, 0.5) is 0 Å². The summed E-state index contributed by atoms with van der Waals surface area (Å²) in [7, 11) is 2.97. The molecular weight excluding hydrogens is 352 g/mol. The van der Waals surface area contributed by atoms with Crippen molar-refractivity contribution in [3.05, 3.63) is 23.8 Å². The van der Waals surface area contributed by atoms with E-state index in [0.717, 1.165) is 12.8 Å². The number of rotatable bonds is 9. The molecule has 0 aliphatic heterocycles. The van der Waals surface area contributed by atoms with E-state index >= 15 is 0 Å². The Morgan fingerprint density at radius 1 is 1.07 bits per heavy atom. The van der Waals surface area contributed by atoms with Crippen LogP contribution in [0.1, 0.15) is 37.0 Å². The van der Waals surface area contributed by atoms with Crippen molar-refractivity contribution in [3.63, 3.8) is 0 Å². The molecule has 27 heavy (non-hydrogen) atoms. The third-order valence-corrected chi connectivity index (χ3v) is 4.11. The molecule has 0 bridgehead atoms. The number of methoxy groups -OCH3 is 2. The molecule has 1 unspecified atom stereocenters. The highest BCUT2D eigenvalue weighted by Gasteiger charge is 2.28. The first-order valence-electron chi connectivity index (χ1n) is 8.84. The lowest BCUT2D eigenvalue weighted by Crippen LogP contribution is -2.46. The highest BCUT2D eigenvalue weighted by molar-refractivity contribution is 5.97. The number of ether oxygens (including phenoxy) is 3. The van der Waals surface area contributed by atoms with E-state index in [0.29, 0.717) is 11.5 Å². The standard InChI is InChI=1S/C19H26N2O6/c1-11(2)17(19(24)27-10-16(22)20-13-5-6-13)21-18(23)12-7-14(25-3)9-15(8-12)26-4/h7-9,11,13,17H,5-6,10H2,1-4H3,(H,20,22)(H,21,23). The van der Waals surface area contributed by atoms with Gasteiger partial charge in [0.15, 0.2) is 6.61 Å². The average Bonchev–Trinajstić information content (AvgIpc) is 3.46. The summed E-state index contributed by atoms with van der Waals surface area (Å²) in [5.74, 6) is -0.762. The quantitative estimate of drug-likeness (QED) is 0.628. The third-order valence-electron chi connectivity index (χ3n) is 4.11. The van der Waals surface area contributed by atoms with E-state index in [-0.39, 0.29) is 30.0 Å². The Morgan fingerprint density at radius 3 is 2.15 bits per heavy atom. The van der Waals surface area contributed by atoms with Crippen LogP contribution in [0.5, 0.6) is 11.5 Å². The van der Waals surface area contributed by atoms with Gasteiger partial charge in [-0.05, 0) is 30.9 Å². The monoisotopic (exact) mass is 378 g/mol. The van der Waals surface area contributed by atoms with Crippen LogP contribution in [0.3, 0.4) is 0 Å². The molecule has 0 aromatic heterocycles. The van der Waals surface area contributed by atoms with Crippen LogP contribution in [0, 0.1) is 5.92 Å². The number of carbonyl (C=O) groups excluding carboxylic acids is 3. The van der Waals surface area contributed by atoms with Crippen molar-refractivity contribution in [1.29, 1.82) is 0 Å². The number of esters is 1. The van der Waals surface area contributed by atoms with Crippen molar-refractivity contribution in [2.45, 2.75) is 38.8 Å². The lowest BCUT2D eigenvalue weighted by molar-refractivity contribution is -0.151. The summed E-state index contributed by atoms with van der Waals surface area (Å²) < 4.78 is 15.4. The van der Waals surface area contributed by atoms with E-state index in [1.807, 2.05) is 0 Å². The minimum Gasteiger partial charge on any atom is -0.497 e. The Hall–Kier alpha value is -2.77. The molecule has 1 saturated carbocycles. The molecular formula is C19H26N2O6. The van der Waals surface area contributed by atoms with Gasteiger partial charge in [0.05, 0.1) is 14.2 Å². The smallest absolute Gasteiger partial charge is 0.329 e. The lowest BCUT2D eigenvalue weighted by Gasteiger charge is -2.21. The van der Waals surface area contributed by atoms with Gasteiger partial charge in [-0.3, -0.25) is 9.59 Å². The van der Waals surface area contributed by atoms with Crippen molar-refractivity contribution >= 4 is 17.8 Å². The van der Waals surface area contributed by atoms with Crippen LogP contribution in [0.25, 0.3) is 0 Å². The third kappa shape index (κ3) is 6.16. The van der Waals surface area contributed by atoms with Crippen molar-refractivity contribution in [2.24, 2.45) is 5.92 Å². The van der Waals surface area contributed by atoms with E-state index in [1.165, 1.54) is 14.2 Å². The highest BCUT2D eigenvalue weighted by Crippen LogP contribution is 2.22. The molecule has 2 N–H and O–H groups in total. The predicted octanol–water partition coefficient (Wildman–Crippen LogP) is 1.28. The fraction of sp³-hybridized carbons (Fsp3) is 0.526. The molecule has 0 saturated heterocycles. The Morgan fingerprint density at radius 2 is 1.67 bits per heavy atom. The highest BCUT2D eigenvalue weighted by atomic mass is 16.5. The molecule has 0 heterocycles. The minimum atomic E-state index is -0.886. The second-order valence-electron chi connectivity index (χ2n) is 6.75. The Kier molecular flexibility index (Phi) is 7.04. The van der Waals surface area contributed by atoms with Gasteiger partial charge < -0.3 is 24.8 Å².